The standard InChI is InChI=1S/C14H22N2O2/c1-3-4-9-16-14(17)11-18-13-7-5-12(6-8-13)10-15-2/h5-8,15H,3-4,9-11H2,1-2H3,(H,16,17). The summed E-state index contributed by atoms with van der Waals surface area (Å²) in [5, 5.41) is 5.89. The summed E-state index contributed by atoms with van der Waals surface area (Å²) in [6, 6.07) is 7.74. The maximum atomic E-state index is 11.4. The summed E-state index contributed by atoms with van der Waals surface area (Å²) in [7, 11) is 1.91. The Morgan fingerprint density at radius 2 is 2.00 bits per heavy atom. The molecule has 0 spiro atoms. The fraction of sp³-hybridized carbons (Fsp3) is 0.500. The van der Waals surface area contributed by atoms with Crippen LogP contribution in [0.5, 0.6) is 5.75 Å². The van der Waals surface area contributed by atoms with Crippen molar-refractivity contribution in [1.82, 2.24) is 10.6 Å². The second kappa shape index (κ2) is 8.53. The smallest absolute Gasteiger partial charge is 0.257 e. The molecule has 0 aliphatic rings. The van der Waals surface area contributed by atoms with Crippen LogP contribution < -0.4 is 15.4 Å². The minimum Gasteiger partial charge on any atom is -0.484 e. The summed E-state index contributed by atoms with van der Waals surface area (Å²) in [5.74, 6) is 0.656. The van der Waals surface area contributed by atoms with Crippen molar-refractivity contribution >= 4 is 5.91 Å². The van der Waals surface area contributed by atoms with Crippen LogP contribution in [-0.2, 0) is 11.3 Å². The number of ether oxygens (including phenoxy) is 1. The first kappa shape index (κ1) is 14.5. The van der Waals surface area contributed by atoms with Gasteiger partial charge in [0, 0.05) is 13.1 Å². The summed E-state index contributed by atoms with van der Waals surface area (Å²) >= 11 is 0. The van der Waals surface area contributed by atoms with Crippen molar-refractivity contribution < 1.29 is 9.53 Å². The van der Waals surface area contributed by atoms with Crippen LogP contribution in [0.3, 0.4) is 0 Å². The number of hydrogen-bond donors (Lipinski definition) is 2. The van der Waals surface area contributed by atoms with Crippen molar-refractivity contribution in [3.8, 4) is 5.75 Å². The second-order valence-corrected chi connectivity index (χ2v) is 4.17. The van der Waals surface area contributed by atoms with Gasteiger partial charge >= 0.3 is 0 Å². The number of hydrogen-bond acceptors (Lipinski definition) is 3. The highest BCUT2D eigenvalue weighted by Gasteiger charge is 2.01. The minimum absolute atomic E-state index is 0.0669. The monoisotopic (exact) mass is 250 g/mol. The molecule has 1 aromatic carbocycles. The summed E-state index contributed by atoms with van der Waals surface area (Å²) in [6.45, 7) is 3.72. The van der Waals surface area contributed by atoms with E-state index in [1.54, 1.807) is 0 Å². The van der Waals surface area contributed by atoms with E-state index < -0.39 is 0 Å². The van der Waals surface area contributed by atoms with Crippen LogP contribution in [0, 0.1) is 0 Å². The highest BCUT2D eigenvalue weighted by atomic mass is 16.5. The molecule has 100 valence electrons. The lowest BCUT2D eigenvalue weighted by Gasteiger charge is -2.07. The molecule has 1 amide bonds. The van der Waals surface area contributed by atoms with Gasteiger partial charge in [0.2, 0.25) is 0 Å². The number of benzene rings is 1. The molecule has 0 aliphatic carbocycles. The van der Waals surface area contributed by atoms with Crippen molar-refractivity contribution in [2.24, 2.45) is 0 Å². The molecule has 0 aromatic heterocycles. The average molecular weight is 250 g/mol. The van der Waals surface area contributed by atoms with Gasteiger partial charge in [-0.1, -0.05) is 25.5 Å². The normalized spacial score (nSPS) is 10.1. The van der Waals surface area contributed by atoms with Gasteiger partial charge in [-0.2, -0.15) is 0 Å². The summed E-state index contributed by atoms with van der Waals surface area (Å²) in [5.41, 5.74) is 1.19. The maximum absolute atomic E-state index is 11.4. The predicted octanol–water partition coefficient (Wildman–Crippen LogP) is 1.70. The van der Waals surface area contributed by atoms with E-state index in [1.807, 2.05) is 31.3 Å². The van der Waals surface area contributed by atoms with E-state index in [1.165, 1.54) is 5.56 Å². The summed E-state index contributed by atoms with van der Waals surface area (Å²) < 4.78 is 5.40. The molecule has 2 N–H and O–H groups in total. The molecule has 1 rings (SSSR count). The van der Waals surface area contributed by atoms with Gasteiger partial charge in [0.25, 0.3) is 5.91 Å². The van der Waals surface area contributed by atoms with E-state index >= 15 is 0 Å². The third-order valence-electron chi connectivity index (χ3n) is 2.53. The molecule has 4 heteroatoms. The number of nitrogens with one attached hydrogen (secondary N) is 2. The van der Waals surface area contributed by atoms with Crippen molar-refractivity contribution in [3.63, 3.8) is 0 Å². The predicted molar refractivity (Wildman–Crippen MR) is 72.6 cm³/mol. The lowest BCUT2D eigenvalue weighted by molar-refractivity contribution is -0.123. The van der Waals surface area contributed by atoms with E-state index in [0.29, 0.717) is 0 Å². The Balaban J connectivity index is 2.27. The van der Waals surface area contributed by atoms with Gasteiger partial charge in [0.05, 0.1) is 0 Å². The molecule has 4 nitrogen and oxygen atoms in total. The third-order valence-corrected chi connectivity index (χ3v) is 2.53. The zero-order valence-corrected chi connectivity index (χ0v) is 11.2. The average Bonchev–Trinajstić information content (AvgIpc) is 2.39. The van der Waals surface area contributed by atoms with Gasteiger partial charge in [-0.25, -0.2) is 0 Å². The first-order chi connectivity index (χ1) is 8.76. The van der Waals surface area contributed by atoms with Crippen LogP contribution in [0.2, 0.25) is 0 Å². The van der Waals surface area contributed by atoms with Crippen LogP contribution >= 0.6 is 0 Å². The van der Waals surface area contributed by atoms with Gasteiger partial charge < -0.3 is 15.4 Å². The van der Waals surface area contributed by atoms with Crippen LogP contribution in [-0.4, -0.2) is 26.1 Å². The van der Waals surface area contributed by atoms with E-state index in [-0.39, 0.29) is 12.5 Å². The van der Waals surface area contributed by atoms with E-state index in [4.69, 9.17) is 4.74 Å². The van der Waals surface area contributed by atoms with Crippen molar-refractivity contribution in [1.29, 1.82) is 0 Å². The molecule has 0 fully saturated rings. The highest BCUT2D eigenvalue weighted by molar-refractivity contribution is 5.77. The summed E-state index contributed by atoms with van der Waals surface area (Å²) in [6.07, 6.45) is 2.08. The second-order valence-electron chi connectivity index (χ2n) is 4.17. The Hall–Kier alpha value is -1.55. The van der Waals surface area contributed by atoms with Crippen molar-refractivity contribution in [3.05, 3.63) is 29.8 Å². The molecule has 0 aliphatic heterocycles. The first-order valence-electron chi connectivity index (χ1n) is 6.39. The van der Waals surface area contributed by atoms with Gasteiger partial charge in [0.1, 0.15) is 5.75 Å². The molecule has 0 saturated heterocycles. The van der Waals surface area contributed by atoms with Gasteiger partial charge in [-0.3, -0.25) is 4.79 Å². The van der Waals surface area contributed by atoms with Crippen molar-refractivity contribution in [2.75, 3.05) is 20.2 Å². The van der Waals surface area contributed by atoms with Gasteiger partial charge in [0.15, 0.2) is 6.61 Å². The Kier molecular flexibility index (Phi) is 6.87. The largest absolute Gasteiger partial charge is 0.484 e. The highest BCUT2D eigenvalue weighted by Crippen LogP contribution is 2.11. The Morgan fingerprint density at radius 1 is 1.28 bits per heavy atom. The molecular weight excluding hydrogens is 228 g/mol. The van der Waals surface area contributed by atoms with Crippen LogP contribution in [0.25, 0.3) is 0 Å². The fourth-order valence-electron chi connectivity index (χ4n) is 1.51. The topological polar surface area (TPSA) is 50.4 Å². The quantitative estimate of drug-likeness (QED) is 0.690. The Morgan fingerprint density at radius 3 is 2.61 bits per heavy atom. The van der Waals surface area contributed by atoms with Crippen LogP contribution in [0.1, 0.15) is 25.3 Å². The van der Waals surface area contributed by atoms with E-state index in [0.717, 1.165) is 31.7 Å². The van der Waals surface area contributed by atoms with E-state index in [9.17, 15) is 4.79 Å². The minimum atomic E-state index is -0.0669. The van der Waals surface area contributed by atoms with Crippen LogP contribution in [0.4, 0.5) is 0 Å². The first-order valence-corrected chi connectivity index (χ1v) is 6.39. The molecule has 0 bridgehead atoms. The molecule has 1 aromatic rings. The number of unbranched alkanes of at least 4 members (excludes halogenated alkanes) is 1. The molecule has 18 heavy (non-hydrogen) atoms. The number of carbonyl (C=O) groups excluding carboxylic acids is 1. The van der Waals surface area contributed by atoms with Crippen LogP contribution in [0.15, 0.2) is 24.3 Å². The Labute approximate surface area is 109 Å². The zero-order chi connectivity index (χ0) is 13.2. The molecule has 0 unspecified atom stereocenters. The lowest BCUT2D eigenvalue weighted by Crippen LogP contribution is -2.29. The fourth-order valence-corrected chi connectivity index (χ4v) is 1.51. The van der Waals surface area contributed by atoms with E-state index in [2.05, 4.69) is 17.6 Å². The molecule has 0 atom stereocenters. The molecule has 0 heterocycles. The van der Waals surface area contributed by atoms with Gasteiger partial charge in [-0.15, -0.1) is 0 Å². The van der Waals surface area contributed by atoms with Crippen molar-refractivity contribution in [2.45, 2.75) is 26.3 Å². The van der Waals surface area contributed by atoms with Gasteiger partial charge in [-0.05, 0) is 31.2 Å². The Bertz CT molecular complexity index is 349. The summed E-state index contributed by atoms with van der Waals surface area (Å²) in [4.78, 5) is 11.4. The number of amides is 1. The third kappa shape index (κ3) is 5.68. The molecule has 0 saturated carbocycles. The molecule has 0 radical (unpaired) electrons. The SMILES string of the molecule is CCCCNC(=O)COc1ccc(CNC)cc1. The maximum Gasteiger partial charge on any atom is 0.257 e. The molecular formula is C14H22N2O2. The lowest BCUT2D eigenvalue weighted by atomic mass is 10.2. The number of rotatable bonds is 8. The number of carbonyl (C=O) groups is 1. The zero-order valence-electron chi connectivity index (χ0n) is 11.2.